The van der Waals surface area contributed by atoms with E-state index in [1.807, 2.05) is 0 Å². The maximum atomic E-state index is 13.8. The number of carbonyl (C=O) groups excluding carboxylic acids is 1. The Bertz CT molecular complexity index is 1000. The highest BCUT2D eigenvalue weighted by Crippen LogP contribution is 2.36. The Morgan fingerprint density at radius 1 is 1.37 bits per heavy atom. The number of aromatic hydroxyl groups is 1. The molecule has 0 saturated carbocycles. The minimum atomic E-state index is -1.20. The number of ether oxygens (including phenoxy) is 1. The molecule has 0 bridgehead atoms. The van der Waals surface area contributed by atoms with E-state index in [-0.39, 0.29) is 36.6 Å². The van der Waals surface area contributed by atoms with E-state index >= 15 is 0 Å². The lowest BCUT2D eigenvalue weighted by atomic mass is 10.1. The second kappa shape index (κ2) is 6.12. The molecule has 0 radical (unpaired) electrons. The molecule has 0 spiro atoms. The molecule has 2 aliphatic rings. The van der Waals surface area contributed by atoms with Gasteiger partial charge in [-0.05, 0) is 6.07 Å². The third kappa shape index (κ3) is 2.87. The normalized spacial score (nSPS) is 21.3. The van der Waals surface area contributed by atoms with E-state index in [1.165, 1.54) is 28.9 Å². The summed E-state index contributed by atoms with van der Waals surface area (Å²) in [6.07, 6.45) is 1.43. The lowest BCUT2D eigenvalue weighted by molar-refractivity contribution is 0.0619. The molecule has 4 rings (SSSR count). The number of rotatable bonds is 4. The Labute approximate surface area is 151 Å². The summed E-state index contributed by atoms with van der Waals surface area (Å²) in [6, 6.07) is 3.20. The van der Waals surface area contributed by atoms with Gasteiger partial charge in [0.25, 0.3) is 5.91 Å². The molecule has 1 amide bonds. The predicted molar refractivity (Wildman–Crippen MR) is 88.4 cm³/mol. The molecule has 3 heterocycles. The Hall–Kier alpha value is -2.82. The Kier molecular flexibility index (Phi) is 3.98. The number of benzene rings is 1. The first-order valence-electron chi connectivity index (χ1n) is 8.14. The van der Waals surface area contributed by atoms with E-state index < -0.39 is 34.4 Å². The molecule has 0 aliphatic carbocycles. The zero-order chi connectivity index (χ0) is 19.3. The third-order valence-corrected chi connectivity index (χ3v) is 4.69. The van der Waals surface area contributed by atoms with Crippen LogP contribution in [0.3, 0.4) is 0 Å². The monoisotopic (exact) mass is 378 g/mol. The van der Waals surface area contributed by atoms with Crippen molar-refractivity contribution in [2.75, 3.05) is 13.7 Å². The summed E-state index contributed by atoms with van der Waals surface area (Å²) in [5.74, 6) is -2.63. The molecule has 142 valence electrons. The van der Waals surface area contributed by atoms with Crippen molar-refractivity contribution in [1.29, 1.82) is 0 Å². The highest BCUT2D eigenvalue weighted by atomic mass is 19.1. The SMILES string of the molecule is CN1NCn2cc(C3(NCc4ccc(F)cc4F)CO3)c(=O)c(O)c2C1=O. The highest BCUT2D eigenvalue weighted by molar-refractivity contribution is 5.95. The number of carbonyl (C=O) groups is 1. The van der Waals surface area contributed by atoms with Crippen LogP contribution in [0.25, 0.3) is 0 Å². The van der Waals surface area contributed by atoms with Gasteiger partial charge in [-0.1, -0.05) is 6.07 Å². The number of hydrogen-bond acceptors (Lipinski definition) is 6. The van der Waals surface area contributed by atoms with Crippen LogP contribution < -0.4 is 16.2 Å². The first-order chi connectivity index (χ1) is 12.8. The lowest BCUT2D eigenvalue weighted by Gasteiger charge is -2.29. The average molecular weight is 378 g/mol. The number of aromatic nitrogens is 1. The zero-order valence-corrected chi connectivity index (χ0v) is 14.3. The number of hydrogen-bond donors (Lipinski definition) is 3. The minimum Gasteiger partial charge on any atom is -0.503 e. The predicted octanol–water partition coefficient (Wildman–Crippen LogP) is 0.353. The van der Waals surface area contributed by atoms with E-state index in [0.717, 1.165) is 12.1 Å². The Morgan fingerprint density at radius 2 is 2.11 bits per heavy atom. The van der Waals surface area contributed by atoms with Crippen molar-refractivity contribution in [3.8, 4) is 5.75 Å². The van der Waals surface area contributed by atoms with Gasteiger partial charge in [0.2, 0.25) is 5.43 Å². The second-order valence-electron chi connectivity index (χ2n) is 6.42. The van der Waals surface area contributed by atoms with Crippen molar-refractivity contribution in [2.24, 2.45) is 0 Å². The van der Waals surface area contributed by atoms with Crippen LogP contribution in [0.4, 0.5) is 8.78 Å². The number of amides is 1. The van der Waals surface area contributed by atoms with Gasteiger partial charge < -0.3 is 14.4 Å². The van der Waals surface area contributed by atoms with Crippen LogP contribution in [0.5, 0.6) is 5.75 Å². The molecule has 10 heteroatoms. The van der Waals surface area contributed by atoms with E-state index in [4.69, 9.17) is 4.74 Å². The number of fused-ring (bicyclic) bond motifs is 1. The number of pyridine rings is 1. The first-order valence-corrected chi connectivity index (χ1v) is 8.14. The van der Waals surface area contributed by atoms with Gasteiger partial charge in [-0.25, -0.2) is 14.2 Å². The maximum Gasteiger partial charge on any atom is 0.288 e. The average Bonchev–Trinajstić information content (AvgIpc) is 3.41. The lowest BCUT2D eigenvalue weighted by Crippen LogP contribution is -2.48. The molecule has 1 fully saturated rings. The van der Waals surface area contributed by atoms with Gasteiger partial charge in [-0.3, -0.25) is 19.9 Å². The van der Waals surface area contributed by atoms with Crippen LogP contribution in [-0.4, -0.2) is 34.2 Å². The van der Waals surface area contributed by atoms with Crippen LogP contribution in [0.15, 0.2) is 29.2 Å². The standard InChI is InChI=1S/C17H16F2N4O4/c1-22-16(26)13-15(25)14(24)11(6-23(13)8-21-22)17(7-27-17)20-5-9-2-3-10(18)4-12(9)19/h2-4,6,20-21,25H,5,7-8H2,1H3. The minimum absolute atomic E-state index is 0.0199. The molecule has 1 aromatic heterocycles. The molecule has 27 heavy (non-hydrogen) atoms. The number of nitrogens with zero attached hydrogens (tertiary/aromatic N) is 2. The van der Waals surface area contributed by atoms with Crippen LogP contribution in [0, 0.1) is 11.6 Å². The van der Waals surface area contributed by atoms with Crippen molar-refractivity contribution in [3.05, 3.63) is 63.1 Å². The maximum absolute atomic E-state index is 13.8. The van der Waals surface area contributed by atoms with Crippen molar-refractivity contribution in [1.82, 2.24) is 20.3 Å². The molecule has 1 unspecified atom stereocenters. The van der Waals surface area contributed by atoms with E-state index in [2.05, 4.69) is 10.7 Å². The van der Waals surface area contributed by atoms with Gasteiger partial charge in [0.1, 0.15) is 11.6 Å². The van der Waals surface area contributed by atoms with Crippen molar-refractivity contribution in [2.45, 2.75) is 18.9 Å². The van der Waals surface area contributed by atoms with Crippen molar-refractivity contribution >= 4 is 5.91 Å². The fourth-order valence-electron chi connectivity index (χ4n) is 3.03. The third-order valence-electron chi connectivity index (χ3n) is 4.69. The smallest absolute Gasteiger partial charge is 0.288 e. The Balaban J connectivity index is 1.66. The summed E-state index contributed by atoms with van der Waals surface area (Å²) in [5, 5.41) is 14.4. The van der Waals surface area contributed by atoms with E-state index in [1.54, 1.807) is 0 Å². The van der Waals surface area contributed by atoms with Gasteiger partial charge in [0.15, 0.2) is 17.2 Å². The molecule has 1 aromatic carbocycles. The summed E-state index contributed by atoms with van der Waals surface area (Å²) in [4.78, 5) is 24.8. The van der Waals surface area contributed by atoms with Crippen molar-refractivity contribution in [3.63, 3.8) is 0 Å². The molecule has 1 atom stereocenters. The fraction of sp³-hybridized carbons (Fsp3) is 0.294. The van der Waals surface area contributed by atoms with Crippen LogP contribution >= 0.6 is 0 Å². The number of epoxide rings is 1. The summed E-state index contributed by atoms with van der Waals surface area (Å²) in [7, 11) is 1.48. The molecule has 2 aromatic rings. The Morgan fingerprint density at radius 3 is 2.78 bits per heavy atom. The van der Waals surface area contributed by atoms with E-state index in [9.17, 15) is 23.5 Å². The quantitative estimate of drug-likeness (QED) is 0.665. The van der Waals surface area contributed by atoms with Gasteiger partial charge in [-0.15, -0.1) is 0 Å². The van der Waals surface area contributed by atoms with Gasteiger partial charge >= 0.3 is 0 Å². The summed E-state index contributed by atoms with van der Waals surface area (Å²) in [6.45, 7) is 0.278. The first kappa shape index (κ1) is 17.6. The molecule has 2 aliphatic heterocycles. The zero-order valence-electron chi connectivity index (χ0n) is 14.3. The molecule has 1 saturated heterocycles. The molecule has 3 N–H and O–H groups in total. The highest BCUT2D eigenvalue weighted by Gasteiger charge is 2.49. The summed E-state index contributed by atoms with van der Waals surface area (Å²) >= 11 is 0. The second-order valence-corrected chi connectivity index (χ2v) is 6.42. The number of nitrogens with one attached hydrogen (secondary N) is 2. The van der Waals surface area contributed by atoms with Gasteiger partial charge in [0.05, 0.1) is 18.8 Å². The van der Waals surface area contributed by atoms with Crippen molar-refractivity contribution < 1.29 is 23.4 Å². The van der Waals surface area contributed by atoms with E-state index in [0.29, 0.717) is 0 Å². The van der Waals surface area contributed by atoms with Crippen LogP contribution in [0.1, 0.15) is 21.6 Å². The summed E-state index contributed by atoms with van der Waals surface area (Å²) in [5.41, 5.74) is 1.03. The number of hydrazine groups is 1. The molecule has 8 nitrogen and oxygen atoms in total. The topological polar surface area (TPSA) is 99.1 Å². The fourth-order valence-corrected chi connectivity index (χ4v) is 3.03. The molecular formula is C17H16F2N4O4. The van der Waals surface area contributed by atoms with Gasteiger partial charge in [-0.2, -0.15) is 0 Å². The summed E-state index contributed by atoms with van der Waals surface area (Å²) < 4.78 is 33.7. The number of halogens is 2. The van der Waals surface area contributed by atoms with Crippen LogP contribution in [-0.2, 0) is 23.7 Å². The van der Waals surface area contributed by atoms with Gasteiger partial charge in [0, 0.05) is 31.4 Å². The largest absolute Gasteiger partial charge is 0.503 e. The molecular weight excluding hydrogens is 362 g/mol. The van der Waals surface area contributed by atoms with Crippen LogP contribution in [0.2, 0.25) is 0 Å².